The fraction of sp³-hybridized carbons (Fsp3) is 0.500. The number of hydrogen-bond donors (Lipinski definition) is 8. The van der Waals surface area contributed by atoms with Gasteiger partial charge in [0, 0.05) is 52.4 Å². The van der Waals surface area contributed by atoms with Crippen molar-refractivity contribution in [2.45, 2.75) is 0 Å². The molecule has 248 valence electrons. The van der Waals surface area contributed by atoms with E-state index in [2.05, 4.69) is 42.5 Å². The van der Waals surface area contributed by atoms with Gasteiger partial charge in [0.25, 0.3) is 0 Å². The van der Waals surface area contributed by atoms with Crippen LogP contribution in [-0.2, 0) is 38.4 Å². The summed E-state index contributed by atoms with van der Waals surface area (Å²) in [4.78, 5) is 92.8. The van der Waals surface area contributed by atoms with Gasteiger partial charge in [-0.15, -0.1) is 0 Å². The molecule has 0 aromatic carbocycles. The minimum atomic E-state index is -2.77. The van der Waals surface area contributed by atoms with Crippen LogP contribution in [0.2, 0.25) is 0 Å². The molecule has 0 bridgehead atoms. The quantitative estimate of drug-likeness (QED) is 0.0663. The molecule has 0 aromatic rings. The number of rotatable bonds is 0. The van der Waals surface area contributed by atoms with E-state index >= 15 is 0 Å². The molecule has 1 aliphatic rings. The predicted molar refractivity (Wildman–Crippen MR) is 136 cm³/mol. The molecule has 16 nitrogen and oxygen atoms in total. The van der Waals surface area contributed by atoms with Crippen molar-refractivity contribution in [3.63, 3.8) is 0 Å². The molecule has 0 aromatic heterocycles. The number of amides is 8. The van der Waals surface area contributed by atoms with Crippen molar-refractivity contribution < 1.29 is 61.3 Å². The van der Waals surface area contributed by atoms with Crippen LogP contribution in [0.4, 0.5) is 22.9 Å². The average molecular weight is 1080 g/mol. The van der Waals surface area contributed by atoms with E-state index in [1.165, 1.54) is 0 Å². The Bertz CT molecular complexity index is 692. The van der Waals surface area contributed by atoms with Gasteiger partial charge in [-0.1, -0.05) is 0 Å². The van der Waals surface area contributed by atoms with Crippen molar-refractivity contribution in [1.29, 1.82) is 0 Å². The molecule has 0 atom stereocenters. The summed E-state index contributed by atoms with van der Waals surface area (Å²) >= 11 is -11.1. The summed E-state index contributed by atoms with van der Waals surface area (Å²) in [5, 5.41) is 17.7. The van der Waals surface area contributed by atoms with Crippen LogP contribution in [0.5, 0.6) is 0 Å². The molecule has 1 rings (SSSR count). The van der Waals surface area contributed by atoms with Gasteiger partial charge in [-0.3, -0.25) is 38.4 Å². The van der Waals surface area contributed by atoms with Crippen LogP contribution < -0.4 is 42.5 Å². The van der Waals surface area contributed by atoms with E-state index < -0.39 is 136 Å². The van der Waals surface area contributed by atoms with Crippen LogP contribution in [0.25, 0.3) is 0 Å². The van der Waals surface area contributed by atoms with E-state index in [9.17, 15) is 61.3 Å². The molecule has 28 heteroatoms. The molecule has 0 unspecified atom stereocenters. The Hall–Kier alpha value is -1.61. The number of carbonyl (C=O) groups is 8. The maximum atomic E-state index is 11.6. The minimum absolute atomic E-state index is 0.145. The van der Waals surface area contributed by atoms with Gasteiger partial charge in [-0.2, -0.15) is 0 Å². The Morgan fingerprint density at radius 3 is 0.409 bits per heavy atom. The second kappa shape index (κ2) is 37.6. The molecule has 8 N–H and O–H groups in total. The SMILES string of the molecule is O=C1NCCNC(=O)C(=O)NCCNC(=O)C(=O)NCCNC(=O)C(=O)NCCNC1=O.[F][Sn][F].[F][Sn][F].[F][Sn][F].[F][Sn][F]. The fourth-order valence-corrected chi connectivity index (χ4v) is 2.05. The first-order valence-electron chi connectivity index (χ1n) is 11.0. The topological polar surface area (TPSA) is 233 Å². The first-order valence-corrected chi connectivity index (χ1v) is 19.6. The van der Waals surface area contributed by atoms with Crippen molar-refractivity contribution in [2.75, 3.05) is 52.4 Å². The van der Waals surface area contributed by atoms with Crippen LogP contribution in [0.15, 0.2) is 0 Å². The van der Waals surface area contributed by atoms with Gasteiger partial charge in [0.2, 0.25) is 0 Å². The van der Waals surface area contributed by atoms with E-state index in [0.29, 0.717) is 0 Å². The first kappa shape index (κ1) is 49.3. The van der Waals surface area contributed by atoms with E-state index in [1.807, 2.05) is 0 Å². The van der Waals surface area contributed by atoms with Gasteiger partial charge in [0.05, 0.1) is 0 Å². The molecule has 1 aliphatic heterocycles. The third kappa shape index (κ3) is 34.9. The third-order valence-electron chi connectivity index (χ3n) is 3.61. The Balaban J connectivity index is -0.000000572. The zero-order valence-electron chi connectivity index (χ0n) is 21.9. The fourth-order valence-electron chi connectivity index (χ4n) is 2.05. The van der Waals surface area contributed by atoms with Gasteiger partial charge < -0.3 is 42.5 Å². The summed E-state index contributed by atoms with van der Waals surface area (Å²) in [7, 11) is 0. The van der Waals surface area contributed by atoms with E-state index in [1.54, 1.807) is 0 Å². The number of nitrogens with one attached hydrogen (secondary N) is 8. The molecule has 0 spiro atoms. The first-order chi connectivity index (χ1) is 20.9. The molecule has 1 saturated heterocycles. The summed E-state index contributed by atoms with van der Waals surface area (Å²) in [5.41, 5.74) is 0. The van der Waals surface area contributed by atoms with Crippen molar-refractivity contribution in [3.05, 3.63) is 0 Å². The monoisotopic (exact) mass is 1090 g/mol. The summed E-state index contributed by atoms with van der Waals surface area (Å²) < 4.78 is 78.4. The Kier molecular flexibility index (Phi) is 42.1. The Morgan fingerprint density at radius 2 is 0.341 bits per heavy atom. The molecule has 8 amide bonds. The molecule has 0 saturated carbocycles. The predicted octanol–water partition coefficient (Wildman–Crippen LogP) is -5.23. The third-order valence-corrected chi connectivity index (χ3v) is 3.61. The zero-order valence-corrected chi connectivity index (χ0v) is 33.4. The van der Waals surface area contributed by atoms with Crippen LogP contribution in [0.1, 0.15) is 0 Å². The van der Waals surface area contributed by atoms with Crippen molar-refractivity contribution in [1.82, 2.24) is 42.5 Å². The van der Waals surface area contributed by atoms with E-state index in [4.69, 9.17) is 0 Å². The van der Waals surface area contributed by atoms with Gasteiger partial charge in [-0.25, -0.2) is 0 Å². The molecule has 1 heterocycles. The maximum absolute atomic E-state index is 11.6. The summed E-state index contributed by atoms with van der Waals surface area (Å²) in [6, 6.07) is 0. The van der Waals surface area contributed by atoms with Crippen LogP contribution in [-0.4, -0.2) is 189 Å². The second-order valence-corrected chi connectivity index (χ2v) is 7.96. The number of carbonyl (C=O) groups excluding carboxylic acids is 8. The second-order valence-electron chi connectivity index (χ2n) is 6.33. The van der Waals surface area contributed by atoms with Gasteiger partial charge >= 0.3 is 159 Å². The molecular weight excluding hydrogens is 1060 g/mol. The van der Waals surface area contributed by atoms with Crippen molar-refractivity contribution in [2.24, 2.45) is 0 Å². The van der Waals surface area contributed by atoms with Crippen LogP contribution >= 0.6 is 0 Å². The van der Waals surface area contributed by atoms with Crippen molar-refractivity contribution >= 4 is 136 Å². The molecule has 0 aliphatic carbocycles. The standard InChI is InChI=1S/C16H24N8O8.8FH.4Sn/c25-9-10(26)19-3-4-21-13(29)14(30)23-7-8-24-16(32)15(31)22-6-5-20-12(28)11(27)18-2-1-17-9;;;;;;;;;;;;/h1-8H2,(H,17,25)(H,18,27)(H,19,26)(H,20,28)(H,21,29)(H,22,31)(H,23,30)(H,24,32);8*1H;;;;/q;;;;;;;;;4*+2/p-8. The number of halogens is 8. The Morgan fingerprint density at radius 1 is 0.273 bits per heavy atom. The van der Waals surface area contributed by atoms with Crippen LogP contribution in [0.3, 0.4) is 0 Å². The summed E-state index contributed by atoms with van der Waals surface area (Å²) in [6.45, 7) is -1.16. The normalized spacial score (nSPS) is 15.8. The van der Waals surface area contributed by atoms with Crippen LogP contribution in [0, 0.1) is 0 Å². The molecular formula is C16H24F8N8O8Sn4. The Labute approximate surface area is 290 Å². The average Bonchev–Trinajstić information content (AvgIpc) is 2.98. The van der Waals surface area contributed by atoms with Gasteiger partial charge in [-0.05, 0) is 0 Å². The summed E-state index contributed by atoms with van der Waals surface area (Å²) in [6.07, 6.45) is 0. The number of hydrogen-bond acceptors (Lipinski definition) is 8. The van der Waals surface area contributed by atoms with Crippen molar-refractivity contribution in [3.8, 4) is 0 Å². The van der Waals surface area contributed by atoms with E-state index in [-0.39, 0.29) is 52.4 Å². The molecule has 44 heavy (non-hydrogen) atoms. The summed E-state index contributed by atoms with van der Waals surface area (Å²) in [5.74, 6) is -8.00. The van der Waals surface area contributed by atoms with Gasteiger partial charge in [0.1, 0.15) is 0 Å². The molecule has 1 fully saturated rings. The van der Waals surface area contributed by atoms with Gasteiger partial charge in [0.15, 0.2) is 0 Å². The zero-order chi connectivity index (χ0) is 34.8. The molecule has 8 radical (unpaired) electrons. The van der Waals surface area contributed by atoms with E-state index in [0.717, 1.165) is 0 Å².